The Kier molecular flexibility index (Phi) is 6.28. The average molecular weight is 355 g/mol. The molecule has 1 aromatic carbocycles. The molecule has 0 spiro atoms. The average Bonchev–Trinajstić information content (AvgIpc) is 3.28. The normalized spacial score (nSPS) is 19.0. The highest BCUT2D eigenvalue weighted by molar-refractivity contribution is 5.80. The van der Waals surface area contributed by atoms with Gasteiger partial charge in [0.05, 0.1) is 18.8 Å². The largest absolute Gasteiger partial charge is 0.391 e. The van der Waals surface area contributed by atoms with E-state index in [1.807, 2.05) is 48.3 Å². The minimum absolute atomic E-state index is 0.408. The molecular formula is C20H29N5O. The number of benzene rings is 1. The van der Waals surface area contributed by atoms with Crippen molar-refractivity contribution in [2.24, 2.45) is 12.0 Å². The van der Waals surface area contributed by atoms with E-state index in [2.05, 4.69) is 33.4 Å². The number of likely N-dealkylation sites (tertiary alicyclic amines) is 1. The Morgan fingerprint density at radius 3 is 2.88 bits per heavy atom. The van der Waals surface area contributed by atoms with Crippen LogP contribution < -0.4 is 5.32 Å². The summed E-state index contributed by atoms with van der Waals surface area (Å²) in [6, 6.07) is 10.1. The zero-order valence-electron chi connectivity index (χ0n) is 15.7. The molecule has 140 valence electrons. The maximum absolute atomic E-state index is 10.3. The number of guanidine groups is 1. The van der Waals surface area contributed by atoms with Gasteiger partial charge in [0, 0.05) is 45.2 Å². The van der Waals surface area contributed by atoms with E-state index in [1.54, 1.807) is 0 Å². The second-order valence-corrected chi connectivity index (χ2v) is 6.92. The second kappa shape index (κ2) is 8.85. The molecule has 1 aliphatic heterocycles. The lowest BCUT2D eigenvalue weighted by atomic mass is 10.0. The molecule has 26 heavy (non-hydrogen) atoms. The number of nitrogens with zero attached hydrogens (tertiary/aromatic N) is 4. The smallest absolute Gasteiger partial charge is 0.194 e. The fourth-order valence-electron chi connectivity index (χ4n) is 3.44. The Balaban J connectivity index is 1.58. The quantitative estimate of drug-likeness (QED) is 0.612. The molecule has 2 N–H and O–H groups in total. The van der Waals surface area contributed by atoms with Crippen LogP contribution in [0.25, 0.3) is 0 Å². The number of aliphatic hydroxyl groups is 1. The molecule has 6 nitrogen and oxygen atoms in total. The number of hydrogen-bond acceptors (Lipinski definition) is 3. The van der Waals surface area contributed by atoms with Gasteiger partial charge in [-0.15, -0.1) is 0 Å². The third-order valence-electron chi connectivity index (χ3n) is 4.78. The van der Waals surface area contributed by atoms with Gasteiger partial charge >= 0.3 is 0 Å². The third-order valence-corrected chi connectivity index (χ3v) is 4.78. The lowest BCUT2D eigenvalue weighted by Crippen LogP contribution is -2.40. The molecule has 0 radical (unpaired) electrons. The Hall–Kier alpha value is -2.34. The highest BCUT2D eigenvalue weighted by atomic mass is 16.3. The van der Waals surface area contributed by atoms with E-state index >= 15 is 0 Å². The second-order valence-electron chi connectivity index (χ2n) is 6.92. The first kappa shape index (κ1) is 18.5. The van der Waals surface area contributed by atoms with E-state index in [-0.39, 0.29) is 0 Å². The van der Waals surface area contributed by atoms with Gasteiger partial charge in [-0.05, 0) is 24.5 Å². The van der Waals surface area contributed by atoms with Gasteiger partial charge in [-0.2, -0.15) is 5.10 Å². The number of aliphatic imine (C=N–C) groups is 1. The number of aromatic nitrogens is 2. The Morgan fingerprint density at radius 1 is 1.38 bits per heavy atom. The number of aryl methyl sites for hydroxylation is 1. The van der Waals surface area contributed by atoms with Crippen LogP contribution >= 0.6 is 0 Å². The fraction of sp³-hybridized carbons (Fsp3) is 0.500. The Morgan fingerprint density at radius 2 is 2.19 bits per heavy atom. The van der Waals surface area contributed by atoms with E-state index in [0.717, 1.165) is 37.6 Å². The van der Waals surface area contributed by atoms with Crippen LogP contribution in [0, 0.1) is 0 Å². The minimum Gasteiger partial charge on any atom is -0.391 e. The number of aliphatic hydroxyl groups excluding tert-OH is 1. The number of rotatable bonds is 6. The maximum atomic E-state index is 10.3. The molecule has 1 fully saturated rings. The highest BCUT2D eigenvalue weighted by Crippen LogP contribution is 2.26. The first-order valence-electron chi connectivity index (χ1n) is 9.39. The summed E-state index contributed by atoms with van der Waals surface area (Å²) in [5.41, 5.74) is 2.42. The molecule has 3 rings (SSSR count). The monoisotopic (exact) mass is 355 g/mol. The zero-order chi connectivity index (χ0) is 18.4. The van der Waals surface area contributed by atoms with Crippen LogP contribution in [0.4, 0.5) is 0 Å². The van der Waals surface area contributed by atoms with Gasteiger partial charge in [0.25, 0.3) is 0 Å². The Labute approximate surface area is 155 Å². The van der Waals surface area contributed by atoms with Crippen molar-refractivity contribution in [1.82, 2.24) is 20.0 Å². The van der Waals surface area contributed by atoms with Crippen molar-refractivity contribution in [3.05, 3.63) is 53.9 Å². The van der Waals surface area contributed by atoms with E-state index in [9.17, 15) is 5.11 Å². The summed E-state index contributed by atoms with van der Waals surface area (Å²) < 4.78 is 1.86. The molecule has 2 heterocycles. The molecule has 1 saturated heterocycles. The summed E-state index contributed by atoms with van der Waals surface area (Å²) in [5.74, 6) is 1.38. The van der Waals surface area contributed by atoms with Gasteiger partial charge in [0.1, 0.15) is 0 Å². The number of hydrogen-bond donors (Lipinski definition) is 2. The predicted octanol–water partition coefficient (Wildman–Crippen LogP) is 1.78. The summed E-state index contributed by atoms with van der Waals surface area (Å²) >= 11 is 0. The van der Waals surface area contributed by atoms with Crippen molar-refractivity contribution in [2.45, 2.75) is 31.8 Å². The van der Waals surface area contributed by atoms with Gasteiger partial charge in [-0.3, -0.25) is 9.67 Å². The summed E-state index contributed by atoms with van der Waals surface area (Å²) in [6.45, 7) is 5.21. The minimum atomic E-state index is -0.470. The predicted molar refractivity (Wildman–Crippen MR) is 104 cm³/mol. The van der Waals surface area contributed by atoms with Crippen LogP contribution in [-0.2, 0) is 13.5 Å². The van der Waals surface area contributed by atoms with Crippen molar-refractivity contribution in [2.75, 3.05) is 26.2 Å². The molecule has 6 heteroatoms. The summed E-state index contributed by atoms with van der Waals surface area (Å²) in [7, 11) is 1.95. The molecule has 2 atom stereocenters. The molecular weight excluding hydrogens is 326 g/mol. The molecule has 0 amide bonds. The molecule has 1 aliphatic rings. The van der Waals surface area contributed by atoms with Crippen LogP contribution in [0.2, 0.25) is 0 Å². The molecule has 1 aromatic heterocycles. The molecule has 0 saturated carbocycles. The van der Waals surface area contributed by atoms with Crippen LogP contribution in [0.15, 0.2) is 47.7 Å². The van der Waals surface area contributed by atoms with E-state index in [1.165, 1.54) is 5.56 Å². The lowest BCUT2D eigenvalue weighted by molar-refractivity contribution is 0.183. The van der Waals surface area contributed by atoms with Crippen LogP contribution in [0.3, 0.4) is 0 Å². The highest BCUT2D eigenvalue weighted by Gasteiger charge is 2.27. The van der Waals surface area contributed by atoms with Crippen molar-refractivity contribution in [1.29, 1.82) is 0 Å². The van der Waals surface area contributed by atoms with Gasteiger partial charge in [-0.1, -0.05) is 30.3 Å². The molecule has 2 unspecified atom stereocenters. The lowest BCUT2D eigenvalue weighted by Gasteiger charge is -2.22. The van der Waals surface area contributed by atoms with Gasteiger partial charge in [0.2, 0.25) is 0 Å². The zero-order valence-corrected chi connectivity index (χ0v) is 15.7. The van der Waals surface area contributed by atoms with Crippen molar-refractivity contribution < 1.29 is 5.11 Å². The van der Waals surface area contributed by atoms with Crippen molar-refractivity contribution >= 4 is 5.96 Å². The maximum Gasteiger partial charge on any atom is 0.194 e. The van der Waals surface area contributed by atoms with Crippen molar-refractivity contribution in [3.8, 4) is 0 Å². The van der Waals surface area contributed by atoms with Crippen molar-refractivity contribution in [3.63, 3.8) is 0 Å². The summed E-state index contributed by atoms with van der Waals surface area (Å²) in [5, 5.41) is 18.0. The van der Waals surface area contributed by atoms with Gasteiger partial charge in [-0.25, -0.2) is 0 Å². The van der Waals surface area contributed by atoms with Crippen LogP contribution in [-0.4, -0.2) is 58.0 Å². The van der Waals surface area contributed by atoms with Crippen LogP contribution in [0.1, 0.15) is 30.4 Å². The first-order valence-corrected chi connectivity index (χ1v) is 9.39. The summed E-state index contributed by atoms with van der Waals surface area (Å²) in [6.07, 6.45) is 5.32. The van der Waals surface area contributed by atoms with Gasteiger partial charge in [0.15, 0.2) is 5.96 Å². The number of nitrogens with one attached hydrogen (secondary N) is 1. The van der Waals surface area contributed by atoms with Gasteiger partial charge < -0.3 is 15.3 Å². The van der Waals surface area contributed by atoms with Crippen LogP contribution in [0.5, 0.6) is 0 Å². The first-order chi connectivity index (χ1) is 12.7. The van der Waals surface area contributed by atoms with E-state index in [4.69, 9.17) is 0 Å². The van der Waals surface area contributed by atoms with E-state index in [0.29, 0.717) is 18.9 Å². The molecule has 2 aromatic rings. The third kappa shape index (κ3) is 4.85. The summed E-state index contributed by atoms with van der Waals surface area (Å²) in [4.78, 5) is 6.97. The SMILES string of the molecule is CCNC(=NCC(O)Cc1ccccc1)N1CCC(c2cnn(C)c2)C1. The molecule has 0 bridgehead atoms. The van der Waals surface area contributed by atoms with E-state index < -0.39 is 6.10 Å². The topological polar surface area (TPSA) is 65.7 Å². The fourth-order valence-corrected chi connectivity index (χ4v) is 3.44. The standard InChI is InChI=1S/C20H29N5O/c1-3-21-20(22-13-19(26)11-16-7-5-4-6-8-16)25-10-9-17(15-25)18-12-23-24(2)14-18/h4-8,12,14,17,19,26H,3,9-11,13,15H2,1-2H3,(H,21,22). The Bertz CT molecular complexity index is 712. The molecule has 0 aliphatic carbocycles.